The number of nitrogens with two attached hydrogens (primary N) is 1. The van der Waals surface area contributed by atoms with E-state index in [-0.39, 0.29) is 5.91 Å². The molecule has 0 bridgehead atoms. The SMILES string of the molecule is CCCCC(N)C(=O)Nc1nc2ccccc2[nH]1. The van der Waals surface area contributed by atoms with E-state index < -0.39 is 6.04 Å². The Kier molecular flexibility index (Phi) is 3.94. The number of anilines is 1. The van der Waals surface area contributed by atoms with E-state index >= 15 is 0 Å². The molecule has 0 aliphatic heterocycles. The maximum absolute atomic E-state index is 11.8. The average Bonchev–Trinajstić information content (AvgIpc) is 2.77. The third-order valence-corrected chi connectivity index (χ3v) is 2.84. The lowest BCUT2D eigenvalue weighted by Crippen LogP contribution is -2.35. The van der Waals surface area contributed by atoms with Gasteiger partial charge >= 0.3 is 0 Å². The van der Waals surface area contributed by atoms with Crippen LogP contribution in [0.4, 0.5) is 5.95 Å². The van der Waals surface area contributed by atoms with Crippen molar-refractivity contribution >= 4 is 22.9 Å². The summed E-state index contributed by atoms with van der Waals surface area (Å²) >= 11 is 0. The summed E-state index contributed by atoms with van der Waals surface area (Å²) in [4.78, 5) is 19.1. The van der Waals surface area contributed by atoms with Crippen molar-refractivity contribution in [2.75, 3.05) is 5.32 Å². The lowest BCUT2D eigenvalue weighted by molar-refractivity contribution is -0.117. The molecule has 1 amide bonds. The number of aromatic nitrogens is 2. The maximum Gasteiger partial charge on any atom is 0.243 e. The van der Waals surface area contributed by atoms with Gasteiger partial charge in [0.2, 0.25) is 11.9 Å². The number of amides is 1. The Morgan fingerprint density at radius 1 is 1.50 bits per heavy atom. The van der Waals surface area contributed by atoms with Crippen molar-refractivity contribution < 1.29 is 4.79 Å². The molecule has 5 nitrogen and oxygen atoms in total. The number of aromatic amines is 1. The Morgan fingerprint density at radius 3 is 3.00 bits per heavy atom. The van der Waals surface area contributed by atoms with E-state index in [4.69, 9.17) is 5.73 Å². The predicted octanol–water partition coefficient (Wildman–Crippen LogP) is 2.02. The van der Waals surface area contributed by atoms with Gasteiger partial charge in [-0.25, -0.2) is 4.98 Å². The Balaban J connectivity index is 2.02. The molecule has 1 heterocycles. The number of carbonyl (C=O) groups excluding carboxylic acids is 1. The first-order chi connectivity index (χ1) is 8.70. The van der Waals surface area contributed by atoms with Crippen LogP contribution in [-0.2, 0) is 4.79 Å². The Hall–Kier alpha value is -1.88. The molecule has 0 saturated carbocycles. The molecule has 1 aromatic heterocycles. The molecule has 5 heteroatoms. The van der Waals surface area contributed by atoms with Crippen LogP contribution in [0.2, 0.25) is 0 Å². The van der Waals surface area contributed by atoms with Crippen molar-refractivity contribution in [2.45, 2.75) is 32.2 Å². The van der Waals surface area contributed by atoms with E-state index in [2.05, 4.69) is 22.2 Å². The van der Waals surface area contributed by atoms with Crippen LogP contribution in [0.3, 0.4) is 0 Å². The van der Waals surface area contributed by atoms with E-state index in [0.717, 1.165) is 23.9 Å². The van der Waals surface area contributed by atoms with Crippen LogP contribution in [0.1, 0.15) is 26.2 Å². The lowest BCUT2D eigenvalue weighted by Gasteiger charge is -2.09. The number of nitrogens with one attached hydrogen (secondary N) is 2. The molecule has 0 aliphatic carbocycles. The molecule has 2 aromatic rings. The fraction of sp³-hybridized carbons (Fsp3) is 0.385. The normalized spacial score (nSPS) is 12.6. The molecule has 0 radical (unpaired) electrons. The van der Waals surface area contributed by atoms with Gasteiger partial charge in [-0.05, 0) is 18.6 Å². The number of hydrogen-bond donors (Lipinski definition) is 3. The molecule has 2 rings (SSSR count). The van der Waals surface area contributed by atoms with Crippen LogP contribution in [0.15, 0.2) is 24.3 Å². The van der Waals surface area contributed by atoms with Crippen LogP contribution in [0.5, 0.6) is 0 Å². The summed E-state index contributed by atoms with van der Waals surface area (Å²) in [6.45, 7) is 2.07. The number of nitrogens with zero attached hydrogens (tertiary/aromatic N) is 1. The first kappa shape index (κ1) is 12.6. The monoisotopic (exact) mass is 246 g/mol. The van der Waals surface area contributed by atoms with Crippen molar-refractivity contribution in [1.82, 2.24) is 9.97 Å². The van der Waals surface area contributed by atoms with Gasteiger partial charge in [0.05, 0.1) is 17.1 Å². The molecule has 0 saturated heterocycles. The number of H-pyrrole nitrogens is 1. The molecule has 1 unspecified atom stereocenters. The zero-order chi connectivity index (χ0) is 13.0. The first-order valence-corrected chi connectivity index (χ1v) is 6.22. The molecule has 1 atom stereocenters. The first-order valence-electron chi connectivity index (χ1n) is 6.22. The van der Waals surface area contributed by atoms with Gasteiger partial charge in [-0.3, -0.25) is 10.1 Å². The Bertz CT molecular complexity index is 502. The van der Waals surface area contributed by atoms with Crippen LogP contribution < -0.4 is 11.1 Å². The minimum atomic E-state index is -0.474. The minimum Gasteiger partial charge on any atom is -0.324 e. The minimum absolute atomic E-state index is 0.192. The quantitative estimate of drug-likeness (QED) is 0.754. The smallest absolute Gasteiger partial charge is 0.243 e. The zero-order valence-electron chi connectivity index (χ0n) is 10.4. The average molecular weight is 246 g/mol. The summed E-state index contributed by atoms with van der Waals surface area (Å²) < 4.78 is 0. The van der Waals surface area contributed by atoms with Crippen molar-refractivity contribution in [3.8, 4) is 0 Å². The maximum atomic E-state index is 11.8. The predicted molar refractivity (Wildman–Crippen MR) is 72.2 cm³/mol. The highest BCUT2D eigenvalue weighted by atomic mass is 16.2. The molecule has 1 aromatic carbocycles. The van der Waals surface area contributed by atoms with E-state index in [1.165, 1.54) is 0 Å². The standard InChI is InChI=1S/C13H18N4O/c1-2-3-6-9(14)12(18)17-13-15-10-7-4-5-8-11(10)16-13/h4-5,7-9H,2-3,6,14H2,1H3,(H2,15,16,17,18). The van der Waals surface area contributed by atoms with E-state index in [1.807, 2.05) is 24.3 Å². The second kappa shape index (κ2) is 5.64. The van der Waals surface area contributed by atoms with Crippen LogP contribution >= 0.6 is 0 Å². The van der Waals surface area contributed by atoms with Gasteiger partial charge in [-0.2, -0.15) is 0 Å². The van der Waals surface area contributed by atoms with Gasteiger partial charge in [0.25, 0.3) is 0 Å². The number of fused-ring (bicyclic) bond motifs is 1. The lowest BCUT2D eigenvalue weighted by atomic mass is 10.1. The molecule has 18 heavy (non-hydrogen) atoms. The fourth-order valence-electron chi connectivity index (χ4n) is 1.78. The number of imidazole rings is 1. The second-order valence-electron chi connectivity index (χ2n) is 4.34. The number of benzene rings is 1. The number of carbonyl (C=O) groups is 1. The van der Waals surface area contributed by atoms with Gasteiger partial charge in [0.1, 0.15) is 0 Å². The summed E-state index contributed by atoms with van der Waals surface area (Å²) in [6, 6.07) is 7.15. The molecule has 0 fully saturated rings. The molecular weight excluding hydrogens is 228 g/mol. The fourth-order valence-corrected chi connectivity index (χ4v) is 1.78. The van der Waals surface area contributed by atoms with Gasteiger partial charge in [0.15, 0.2) is 0 Å². The summed E-state index contributed by atoms with van der Waals surface area (Å²) in [5.41, 5.74) is 7.52. The van der Waals surface area contributed by atoms with E-state index in [9.17, 15) is 4.79 Å². The highest BCUT2D eigenvalue weighted by Gasteiger charge is 2.14. The molecule has 4 N–H and O–H groups in total. The van der Waals surface area contributed by atoms with Crippen molar-refractivity contribution in [2.24, 2.45) is 5.73 Å². The summed E-state index contributed by atoms with van der Waals surface area (Å²) in [7, 11) is 0. The van der Waals surface area contributed by atoms with Gasteiger partial charge in [-0.15, -0.1) is 0 Å². The van der Waals surface area contributed by atoms with Crippen LogP contribution in [0, 0.1) is 0 Å². The number of rotatable bonds is 5. The van der Waals surface area contributed by atoms with Crippen molar-refractivity contribution in [3.05, 3.63) is 24.3 Å². The summed E-state index contributed by atoms with van der Waals surface area (Å²) in [6.07, 6.45) is 2.68. The van der Waals surface area contributed by atoms with Gasteiger partial charge in [0, 0.05) is 0 Å². The highest BCUT2D eigenvalue weighted by molar-refractivity contribution is 5.94. The molecule has 0 aliphatic rings. The van der Waals surface area contributed by atoms with Crippen LogP contribution in [-0.4, -0.2) is 21.9 Å². The largest absolute Gasteiger partial charge is 0.324 e. The molecular formula is C13H18N4O. The molecule has 0 spiro atoms. The third kappa shape index (κ3) is 2.87. The topological polar surface area (TPSA) is 83.8 Å². The number of unbranched alkanes of at least 4 members (excludes halogenated alkanes) is 1. The van der Waals surface area contributed by atoms with Crippen molar-refractivity contribution in [3.63, 3.8) is 0 Å². The Morgan fingerprint density at radius 2 is 2.28 bits per heavy atom. The summed E-state index contributed by atoms with van der Waals surface area (Å²) in [5.74, 6) is 0.260. The number of para-hydroxylation sites is 2. The summed E-state index contributed by atoms with van der Waals surface area (Å²) in [5, 5.41) is 2.71. The second-order valence-corrected chi connectivity index (χ2v) is 4.34. The van der Waals surface area contributed by atoms with Gasteiger partial charge in [-0.1, -0.05) is 31.9 Å². The van der Waals surface area contributed by atoms with E-state index in [1.54, 1.807) is 0 Å². The third-order valence-electron chi connectivity index (χ3n) is 2.84. The van der Waals surface area contributed by atoms with Crippen molar-refractivity contribution in [1.29, 1.82) is 0 Å². The zero-order valence-corrected chi connectivity index (χ0v) is 10.4. The Labute approximate surface area is 106 Å². The van der Waals surface area contributed by atoms with E-state index in [0.29, 0.717) is 12.4 Å². The molecule has 96 valence electrons. The van der Waals surface area contributed by atoms with Gasteiger partial charge < -0.3 is 10.7 Å². The number of hydrogen-bond acceptors (Lipinski definition) is 3. The highest BCUT2D eigenvalue weighted by Crippen LogP contribution is 2.13. The van der Waals surface area contributed by atoms with Crippen LogP contribution in [0.25, 0.3) is 11.0 Å².